The van der Waals surface area contributed by atoms with Gasteiger partial charge in [0.1, 0.15) is 23.0 Å². The average Bonchev–Trinajstić information content (AvgIpc) is 2.80. The van der Waals surface area contributed by atoms with Crippen LogP contribution in [0, 0.1) is 6.92 Å². The Hall–Kier alpha value is -0.850. The molecule has 0 aliphatic carbocycles. The fraction of sp³-hybridized carbons (Fsp3) is 0.714. The lowest BCUT2D eigenvalue weighted by atomic mass is 10.3. The third kappa shape index (κ3) is 4.07. The molecule has 0 spiro atoms. The van der Waals surface area contributed by atoms with Crippen LogP contribution in [0.2, 0.25) is 0 Å². The summed E-state index contributed by atoms with van der Waals surface area (Å²) in [6.07, 6.45) is 3.58. The minimum absolute atomic E-state index is 0.175. The van der Waals surface area contributed by atoms with Crippen molar-refractivity contribution < 1.29 is 17.9 Å². The van der Waals surface area contributed by atoms with Gasteiger partial charge in [0.2, 0.25) is 10.0 Å². The monoisotopic (exact) mass is 303 g/mol. The molecule has 0 fully saturated rings. The Morgan fingerprint density at radius 1 is 1.20 bits per heavy atom. The first-order chi connectivity index (χ1) is 9.47. The van der Waals surface area contributed by atoms with Gasteiger partial charge in [0.05, 0.1) is 0 Å². The number of aryl methyl sites for hydroxylation is 1. The summed E-state index contributed by atoms with van der Waals surface area (Å²) in [7, 11) is -3.54. The summed E-state index contributed by atoms with van der Waals surface area (Å²) in [6, 6.07) is 1.43. The third-order valence-corrected chi connectivity index (χ3v) is 5.23. The molecule has 116 valence electrons. The molecule has 0 aliphatic heterocycles. The summed E-state index contributed by atoms with van der Waals surface area (Å²) >= 11 is 0. The van der Waals surface area contributed by atoms with Gasteiger partial charge in [-0.05, 0) is 19.8 Å². The van der Waals surface area contributed by atoms with Crippen LogP contribution in [0.25, 0.3) is 0 Å². The summed E-state index contributed by atoms with van der Waals surface area (Å²) in [5.41, 5.74) is 0. The number of unbranched alkanes of at least 4 members (excludes halogenated alkanes) is 2. The molecule has 0 saturated carbocycles. The Bertz CT molecular complexity index is 499. The van der Waals surface area contributed by atoms with E-state index in [-0.39, 0.29) is 17.3 Å². The topological polar surface area (TPSA) is 70.8 Å². The van der Waals surface area contributed by atoms with E-state index in [1.165, 1.54) is 10.4 Å². The average molecular weight is 303 g/mol. The molecule has 6 heteroatoms. The van der Waals surface area contributed by atoms with Gasteiger partial charge in [0.15, 0.2) is 0 Å². The van der Waals surface area contributed by atoms with Crippen molar-refractivity contribution >= 4 is 10.0 Å². The van der Waals surface area contributed by atoms with Crippen LogP contribution >= 0.6 is 0 Å². The second kappa shape index (κ2) is 7.81. The molecule has 0 bridgehead atoms. The number of rotatable bonds is 9. The molecule has 0 atom stereocenters. The molecule has 0 aliphatic rings. The summed E-state index contributed by atoms with van der Waals surface area (Å²) in [4.78, 5) is 0.175. The lowest BCUT2D eigenvalue weighted by molar-refractivity contribution is 0.244. The van der Waals surface area contributed by atoms with E-state index >= 15 is 0 Å². The van der Waals surface area contributed by atoms with Gasteiger partial charge in [-0.1, -0.05) is 26.7 Å². The predicted octanol–water partition coefficient (Wildman–Crippen LogP) is 2.67. The second-order valence-corrected chi connectivity index (χ2v) is 6.81. The number of furan rings is 1. The highest BCUT2D eigenvalue weighted by atomic mass is 32.2. The van der Waals surface area contributed by atoms with E-state index in [1.54, 1.807) is 6.92 Å². The minimum Gasteiger partial charge on any atom is -0.462 e. The molecule has 20 heavy (non-hydrogen) atoms. The first kappa shape index (κ1) is 17.2. The van der Waals surface area contributed by atoms with Crippen LogP contribution in [0.4, 0.5) is 0 Å². The van der Waals surface area contributed by atoms with Crippen molar-refractivity contribution in [2.45, 2.75) is 58.0 Å². The molecule has 0 radical (unpaired) electrons. The molecule has 0 saturated heterocycles. The SMILES string of the molecule is CCCCN(CCCC)S(=O)(=O)c1cc(CO)oc1C. The maximum atomic E-state index is 12.7. The number of aliphatic hydroxyl groups excluding tert-OH is 1. The maximum Gasteiger partial charge on any atom is 0.246 e. The molecule has 0 unspecified atom stereocenters. The normalized spacial score (nSPS) is 12.2. The Morgan fingerprint density at radius 2 is 1.75 bits per heavy atom. The van der Waals surface area contributed by atoms with Gasteiger partial charge in [-0.3, -0.25) is 0 Å². The van der Waals surface area contributed by atoms with Crippen LogP contribution in [0.3, 0.4) is 0 Å². The van der Waals surface area contributed by atoms with Gasteiger partial charge in [-0.15, -0.1) is 0 Å². The van der Waals surface area contributed by atoms with E-state index < -0.39 is 10.0 Å². The molecule has 1 aromatic heterocycles. The van der Waals surface area contributed by atoms with E-state index in [9.17, 15) is 8.42 Å². The summed E-state index contributed by atoms with van der Waals surface area (Å²) in [5.74, 6) is 0.624. The fourth-order valence-electron chi connectivity index (χ4n) is 2.02. The van der Waals surface area contributed by atoms with Crippen molar-refractivity contribution in [3.8, 4) is 0 Å². The lowest BCUT2D eigenvalue weighted by Gasteiger charge is -2.21. The molecular formula is C14H25NO4S. The zero-order chi connectivity index (χ0) is 15.2. The van der Waals surface area contributed by atoms with Crippen LogP contribution in [-0.4, -0.2) is 30.9 Å². The molecule has 1 heterocycles. The van der Waals surface area contributed by atoms with Crippen molar-refractivity contribution in [3.63, 3.8) is 0 Å². The minimum atomic E-state index is -3.54. The van der Waals surface area contributed by atoms with E-state index in [2.05, 4.69) is 0 Å². The third-order valence-electron chi connectivity index (χ3n) is 3.22. The Labute approximate surface area is 121 Å². The molecular weight excluding hydrogens is 278 g/mol. The fourth-order valence-corrected chi connectivity index (χ4v) is 3.72. The number of sulfonamides is 1. The Balaban J connectivity index is 3.03. The van der Waals surface area contributed by atoms with Crippen molar-refractivity contribution in [2.75, 3.05) is 13.1 Å². The van der Waals surface area contributed by atoms with Crippen molar-refractivity contribution in [1.82, 2.24) is 4.31 Å². The first-order valence-electron chi connectivity index (χ1n) is 7.17. The predicted molar refractivity (Wildman–Crippen MR) is 77.9 cm³/mol. The molecule has 0 aromatic carbocycles. The van der Waals surface area contributed by atoms with E-state index in [1.807, 2.05) is 13.8 Å². The summed E-state index contributed by atoms with van der Waals surface area (Å²) in [5, 5.41) is 9.06. The highest BCUT2D eigenvalue weighted by molar-refractivity contribution is 7.89. The second-order valence-electron chi connectivity index (χ2n) is 4.90. The van der Waals surface area contributed by atoms with Crippen molar-refractivity contribution in [3.05, 3.63) is 17.6 Å². The Kier molecular flexibility index (Phi) is 6.71. The number of hydrogen-bond donors (Lipinski definition) is 1. The van der Waals surface area contributed by atoms with Gasteiger partial charge in [0.25, 0.3) is 0 Å². The largest absolute Gasteiger partial charge is 0.462 e. The highest BCUT2D eigenvalue weighted by Crippen LogP contribution is 2.24. The van der Waals surface area contributed by atoms with Gasteiger partial charge < -0.3 is 9.52 Å². The van der Waals surface area contributed by atoms with Gasteiger partial charge in [-0.2, -0.15) is 4.31 Å². The van der Waals surface area contributed by atoms with Crippen molar-refractivity contribution in [1.29, 1.82) is 0 Å². The highest BCUT2D eigenvalue weighted by Gasteiger charge is 2.27. The van der Waals surface area contributed by atoms with Crippen LogP contribution < -0.4 is 0 Å². The zero-order valence-corrected chi connectivity index (χ0v) is 13.4. The molecule has 0 amide bonds. The van der Waals surface area contributed by atoms with Gasteiger partial charge in [0, 0.05) is 19.2 Å². The van der Waals surface area contributed by atoms with E-state index in [4.69, 9.17) is 9.52 Å². The quantitative estimate of drug-likeness (QED) is 0.761. The van der Waals surface area contributed by atoms with E-state index in [0.717, 1.165) is 25.7 Å². The lowest BCUT2D eigenvalue weighted by Crippen LogP contribution is -2.33. The van der Waals surface area contributed by atoms with Crippen molar-refractivity contribution in [2.24, 2.45) is 0 Å². The molecule has 1 rings (SSSR count). The smallest absolute Gasteiger partial charge is 0.246 e. The van der Waals surface area contributed by atoms with Crippen LogP contribution in [0.1, 0.15) is 51.1 Å². The molecule has 1 aromatic rings. The van der Waals surface area contributed by atoms with Crippen LogP contribution in [0.5, 0.6) is 0 Å². The summed E-state index contributed by atoms with van der Waals surface area (Å²) < 4.78 is 32.1. The molecule has 1 N–H and O–H groups in total. The number of aliphatic hydroxyl groups is 1. The standard InChI is InChI=1S/C14H25NO4S/c1-4-6-8-15(9-7-5-2)20(17,18)14-10-13(11-16)19-12(14)3/h10,16H,4-9,11H2,1-3H3. The zero-order valence-electron chi connectivity index (χ0n) is 12.6. The van der Waals surface area contributed by atoms with Gasteiger partial charge >= 0.3 is 0 Å². The van der Waals surface area contributed by atoms with Gasteiger partial charge in [-0.25, -0.2) is 8.42 Å². The maximum absolute atomic E-state index is 12.7. The number of hydrogen-bond acceptors (Lipinski definition) is 4. The molecule has 5 nitrogen and oxygen atoms in total. The van der Waals surface area contributed by atoms with E-state index in [0.29, 0.717) is 18.8 Å². The summed E-state index contributed by atoms with van der Waals surface area (Å²) in [6.45, 7) is 6.45. The number of nitrogens with zero attached hydrogens (tertiary/aromatic N) is 1. The van der Waals surface area contributed by atoms with Crippen LogP contribution in [-0.2, 0) is 16.6 Å². The van der Waals surface area contributed by atoms with Crippen LogP contribution in [0.15, 0.2) is 15.4 Å². The Morgan fingerprint density at radius 3 is 2.15 bits per heavy atom. The first-order valence-corrected chi connectivity index (χ1v) is 8.61.